The second-order valence-electron chi connectivity index (χ2n) is 6.87. The molecular weight excluding hydrogens is 303 g/mol. The van der Waals surface area contributed by atoms with Gasteiger partial charge in [-0.2, -0.15) is 0 Å². The van der Waals surface area contributed by atoms with Crippen LogP contribution in [-0.4, -0.2) is 30.9 Å². The summed E-state index contributed by atoms with van der Waals surface area (Å²) in [5.41, 5.74) is 2.99. The standard InChI is InChI=1S/C20H21FN2O/c1-22-18-5-3-2-4-17(18)20(19(22)24)10-12-23(13-11-20)14-15-6-8-16(21)9-7-15/h2-9H,10-14H2,1H3. The first-order valence-electron chi connectivity index (χ1n) is 8.45. The molecular formula is C20H21FN2O. The predicted molar refractivity (Wildman–Crippen MR) is 92.4 cm³/mol. The number of anilines is 1. The number of amides is 1. The number of carbonyl (C=O) groups is 1. The molecule has 0 bridgehead atoms. The number of nitrogens with zero attached hydrogens (tertiary/aromatic N) is 2. The number of hydrogen-bond acceptors (Lipinski definition) is 2. The number of likely N-dealkylation sites (N-methyl/N-ethyl adjacent to an activating group) is 1. The summed E-state index contributed by atoms with van der Waals surface area (Å²) in [7, 11) is 1.88. The largest absolute Gasteiger partial charge is 0.314 e. The molecule has 1 amide bonds. The van der Waals surface area contributed by atoms with Crippen LogP contribution in [0.5, 0.6) is 0 Å². The van der Waals surface area contributed by atoms with Crippen LogP contribution in [0.25, 0.3) is 0 Å². The fourth-order valence-corrected chi connectivity index (χ4v) is 4.14. The summed E-state index contributed by atoms with van der Waals surface area (Å²) >= 11 is 0. The molecule has 2 aliphatic rings. The SMILES string of the molecule is CN1C(=O)C2(CCN(Cc3ccc(F)cc3)CC2)c2ccccc21. The number of fused-ring (bicyclic) bond motifs is 2. The highest BCUT2D eigenvalue weighted by Crippen LogP contribution is 2.47. The average molecular weight is 324 g/mol. The number of benzene rings is 2. The summed E-state index contributed by atoms with van der Waals surface area (Å²) < 4.78 is 13.0. The van der Waals surface area contributed by atoms with Crippen molar-refractivity contribution in [3.05, 3.63) is 65.5 Å². The van der Waals surface area contributed by atoms with E-state index in [2.05, 4.69) is 11.0 Å². The van der Waals surface area contributed by atoms with Crippen LogP contribution >= 0.6 is 0 Å². The molecule has 4 rings (SSSR count). The van der Waals surface area contributed by atoms with E-state index in [1.54, 1.807) is 0 Å². The van der Waals surface area contributed by atoms with Gasteiger partial charge >= 0.3 is 0 Å². The second-order valence-corrected chi connectivity index (χ2v) is 6.87. The minimum Gasteiger partial charge on any atom is -0.314 e. The van der Waals surface area contributed by atoms with Crippen LogP contribution in [0.3, 0.4) is 0 Å². The number of carbonyl (C=O) groups excluding carboxylic acids is 1. The molecule has 2 aliphatic heterocycles. The Kier molecular flexibility index (Phi) is 3.65. The van der Waals surface area contributed by atoms with Crippen LogP contribution in [0.1, 0.15) is 24.0 Å². The van der Waals surface area contributed by atoms with Crippen LogP contribution in [0.4, 0.5) is 10.1 Å². The van der Waals surface area contributed by atoms with Crippen LogP contribution in [0.2, 0.25) is 0 Å². The first kappa shape index (κ1) is 15.3. The molecule has 2 aromatic carbocycles. The van der Waals surface area contributed by atoms with Gasteiger partial charge in [0.05, 0.1) is 5.41 Å². The van der Waals surface area contributed by atoms with Gasteiger partial charge in [0, 0.05) is 19.3 Å². The van der Waals surface area contributed by atoms with Gasteiger partial charge < -0.3 is 4.90 Å². The zero-order valence-electron chi connectivity index (χ0n) is 13.8. The van der Waals surface area contributed by atoms with Crippen molar-refractivity contribution in [2.24, 2.45) is 0 Å². The maximum absolute atomic E-state index is 13.0. The Morgan fingerprint density at radius 3 is 2.42 bits per heavy atom. The lowest BCUT2D eigenvalue weighted by Gasteiger charge is -2.38. The average Bonchev–Trinajstić information content (AvgIpc) is 2.82. The lowest BCUT2D eigenvalue weighted by atomic mass is 9.73. The predicted octanol–water partition coefficient (Wildman–Crippen LogP) is 3.34. The molecule has 0 N–H and O–H groups in total. The smallest absolute Gasteiger partial charge is 0.237 e. The van der Waals surface area contributed by atoms with Crippen molar-refractivity contribution in [3.63, 3.8) is 0 Å². The Hall–Kier alpha value is -2.20. The lowest BCUT2D eigenvalue weighted by molar-refractivity contribution is -0.124. The summed E-state index contributed by atoms with van der Waals surface area (Å²) in [4.78, 5) is 17.1. The lowest BCUT2D eigenvalue weighted by Crippen LogP contribution is -2.47. The van der Waals surface area contributed by atoms with Crippen LogP contribution in [-0.2, 0) is 16.8 Å². The third-order valence-corrected chi connectivity index (χ3v) is 5.52. The molecule has 3 nitrogen and oxygen atoms in total. The Balaban J connectivity index is 1.51. The van der Waals surface area contributed by atoms with E-state index in [1.807, 2.05) is 42.3 Å². The third-order valence-electron chi connectivity index (χ3n) is 5.52. The number of hydrogen-bond donors (Lipinski definition) is 0. The van der Waals surface area contributed by atoms with Crippen molar-refractivity contribution >= 4 is 11.6 Å². The number of likely N-dealkylation sites (tertiary alicyclic amines) is 1. The first-order valence-corrected chi connectivity index (χ1v) is 8.45. The summed E-state index contributed by atoms with van der Waals surface area (Å²) in [5, 5.41) is 0. The van der Waals surface area contributed by atoms with E-state index in [0.29, 0.717) is 0 Å². The number of halogens is 1. The highest BCUT2D eigenvalue weighted by atomic mass is 19.1. The van der Waals surface area contributed by atoms with E-state index in [0.717, 1.165) is 43.7 Å². The van der Waals surface area contributed by atoms with Crippen molar-refractivity contribution in [3.8, 4) is 0 Å². The molecule has 4 heteroatoms. The Bertz CT molecular complexity index is 763. The molecule has 0 atom stereocenters. The quantitative estimate of drug-likeness (QED) is 0.846. The summed E-state index contributed by atoms with van der Waals surface area (Å²) in [6.07, 6.45) is 1.68. The van der Waals surface area contributed by atoms with E-state index in [4.69, 9.17) is 0 Å². The third kappa shape index (κ3) is 2.33. The molecule has 2 heterocycles. The van der Waals surface area contributed by atoms with Gasteiger partial charge in [-0.15, -0.1) is 0 Å². The van der Waals surface area contributed by atoms with Crippen molar-refractivity contribution in [2.45, 2.75) is 24.8 Å². The molecule has 1 spiro atoms. The Morgan fingerprint density at radius 1 is 1.04 bits per heavy atom. The van der Waals surface area contributed by atoms with E-state index in [9.17, 15) is 9.18 Å². The van der Waals surface area contributed by atoms with Crippen LogP contribution in [0, 0.1) is 5.82 Å². The normalized spacial score (nSPS) is 19.8. The molecule has 0 aliphatic carbocycles. The van der Waals surface area contributed by atoms with E-state index in [1.165, 1.54) is 17.7 Å². The fourth-order valence-electron chi connectivity index (χ4n) is 4.14. The number of para-hydroxylation sites is 1. The second kappa shape index (κ2) is 5.71. The van der Waals surface area contributed by atoms with Crippen molar-refractivity contribution < 1.29 is 9.18 Å². The summed E-state index contributed by atoms with van der Waals surface area (Å²) in [6.45, 7) is 2.57. The van der Waals surface area contributed by atoms with E-state index in [-0.39, 0.29) is 17.1 Å². The van der Waals surface area contributed by atoms with Crippen molar-refractivity contribution in [1.82, 2.24) is 4.90 Å². The first-order chi connectivity index (χ1) is 11.6. The van der Waals surface area contributed by atoms with Gasteiger partial charge in [-0.05, 0) is 55.3 Å². The topological polar surface area (TPSA) is 23.6 Å². The summed E-state index contributed by atoms with van der Waals surface area (Å²) in [5.74, 6) is 0.0256. The minimum atomic E-state index is -0.357. The molecule has 0 aromatic heterocycles. The van der Waals surface area contributed by atoms with Crippen LogP contribution in [0.15, 0.2) is 48.5 Å². The van der Waals surface area contributed by atoms with Gasteiger partial charge in [0.2, 0.25) is 5.91 Å². The molecule has 0 unspecified atom stereocenters. The van der Waals surface area contributed by atoms with Gasteiger partial charge in [0.25, 0.3) is 0 Å². The Morgan fingerprint density at radius 2 is 1.71 bits per heavy atom. The molecule has 124 valence electrons. The molecule has 24 heavy (non-hydrogen) atoms. The monoisotopic (exact) mass is 324 g/mol. The maximum atomic E-state index is 13.0. The van der Waals surface area contributed by atoms with Gasteiger partial charge in [-0.3, -0.25) is 9.69 Å². The molecule has 2 aromatic rings. The minimum absolute atomic E-state index is 0.201. The van der Waals surface area contributed by atoms with Gasteiger partial charge in [0.15, 0.2) is 0 Å². The van der Waals surface area contributed by atoms with Gasteiger partial charge in [-0.25, -0.2) is 4.39 Å². The highest BCUT2D eigenvalue weighted by molar-refractivity contribution is 6.07. The number of piperidine rings is 1. The van der Waals surface area contributed by atoms with Crippen molar-refractivity contribution in [2.75, 3.05) is 25.0 Å². The fraction of sp³-hybridized carbons (Fsp3) is 0.350. The zero-order valence-corrected chi connectivity index (χ0v) is 13.8. The maximum Gasteiger partial charge on any atom is 0.237 e. The highest BCUT2D eigenvalue weighted by Gasteiger charge is 2.50. The molecule has 0 saturated carbocycles. The molecule has 0 radical (unpaired) electrons. The molecule has 1 fully saturated rings. The van der Waals surface area contributed by atoms with Gasteiger partial charge in [0.1, 0.15) is 5.82 Å². The van der Waals surface area contributed by atoms with Crippen molar-refractivity contribution in [1.29, 1.82) is 0 Å². The zero-order chi connectivity index (χ0) is 16.7. The van der Waals surface area contributed by atoms with Gasteiger partial charge in [-0.1, -0.05) is 30.3 Å². The van der Waals surface area contributed by atoms with Crippen LogP contribution < -0.4 is 4.90 Å². The van der Waals surface area contributed by atoms with E-state index < -0.39 is 0 Å². The summed E-state index contributed by atoms with van der Waals surface area (Å²) in [6, 6.07) is 14.8. The Labute approximate surface area is 141 Å². The molecule has 1 saturated heterocycles. The number of rotatable bonds is 2. The van der Waals surface area contributed by atoms with E-state index >= 15 is 0 Å².